The molecule has 1 amide bonds. The number of benzene rings is 2. The summed E-state index contributed by atoms with van der Waals surface area (Å²) in [5.74, 6) is 1.16. The van der Waals surface area contributed by atoms with Crippen molar-refractivity contribution in [3.63, 3.8) is 0 Å². The lowest BCUT2D eigenvalue weighted by molar-refractivity contribution is -0.119. The first-order chi connectivity index (χ1) is 18.0. The number of hydrogen-bond donors (Lipinski definition) is 2. The predicted octanol–water partition coefficient (Wildman–Crippen LogP) is 4.77. The quantitative estimate of drug-likeness (QED) is 0.281. The highest BCUT2D eigenvalue weighted by Crippen LogP contribution is 2.32. The van der Waals surface area contributed by atoms with Gasteiger partial charge in [-0.25, -0.2) is 14.4 Å². The fourth-order valence-electron chi connectivity index (χ4n) is 4.41. The van der Waals surface area contributed by atoms with E-state index in [1.165, 1.54) is 17.8 Å². The molecule has 1 fully saturated rings. The number of nitrogens with one attached hydrogen (secondary N) is 2. The third-order valence-electron chi connectivity index (χ3n) is 6.37. The van der Waals surface area contributed by atoms with Crippen molar-refractivity contribution in [3.05, 3.63) is 65.2 Å². The highest BCUT2D eigenvalue weighted by molar-refractivity contribution is 7.99. The second-order valence-corrected chi connectivity index (χ2v) is 10.2. The first-order valence-electron chi connectivity index (χ1n) is 12.1. The minimum absolute atomic E-state index is 0.0946. The number of rotatable bonds is 10. The molecule has 3 aromatic rings. The summed E-state index contributed by atoms with van der Waals surface area (Å²) in [6, 6.07) is 10.3. The number of piperidine rings is 1. The fourth-order valence-corrected chi connectivity index (χ4v) is 5.13. The molecule has 1 aliphatic heterocycles. The Hall–Kier alpha value is -2.88. The van der Waals surface area contributed by atoms with Crippen molar-refractivity contribution >= 4 is 29.3 Å². The van der Waals surface area contributed by atoms with Crippen LogP contribution in [0, 0.1) is 11.7 Å². The number of methoxy groups -OCH3 is 2. The number of aromatic nitrogens is 2. The van der Waals surface area contributed by atoms with Gasteiger partial charge in [-0.15, -0.1) is 0 Å². The van der Waals surface area contributed by atoms with Crippen molar-refractivity contribution in [1.29, 1.82) is 0 Å². The molecule has 0 aliphatic carbocycles. The first kappa shape index (κ1) is 27.2. The van der Waals surface area contributed by atoms with E-state index in [0.717, 1.165) is 42.6 Å². The van der Waals surface area contributed by atoms with Crippen molar-refractivity contribution in [2.45, 2.75) is 30.5 Å². The normalized spacial score (nSPS) is 16.2. The molecule has 2 unspecified atom stereocenters. The molecule has 10 heteroatoms. The van der Waals surface area contributed by atoms with Gasteiger partial charge in [-0.1, -0.05) is 35.5 Å². The lowest BCUT2D eigenvalue weighted by Gasteiger charge is -2.31. The van der Waals surface area contributed by atoms with Crippen LogP contribution in [0.15, 0.2) is 53.9 Å². The predicted molar refractivity (Wildman–Crippen MR) is 144 cm³/mol. The number of halogens is 2. The average Bonchev–Trinajstić information content (AvgIpc) is 2.94. The lowest BCUT2D eigenvalue weighted by atomic mass is 9.87. The third-order valence-corrected chi connectivity index (χ3v) is 7.55. The van der Waals surface area contributed by atoms with Crippen LogP contribution in [0.4, 0.5) is 4.39 Å². The third kappa shape index (κ3) is 7.34. The Labute approximate surface area is 225 Å². The second-order valence-electron chi connectivity index (χ2n) is 8.85. The summed E-state index contributed by atoms with van der Waals surface area (Å²) < 4.78 is 24.6. The standard InChI is InChI=1S/C27H30ClFN4O3S/c1-35-24-8-6-18(12-25(24)36-2)20-14-31-27(32-15-20)37-16-26(34)33-23(19-4-3-9-30-13-19)11-17-5-7-21(28)22(29)10-17/h5-8,10,12,14-15,19,23,30H,3-4,9,11,13,16H2,1-2H3,(H,33,34). The number of amides is 1. The minimum atomic E-state index is -0.449. The summed E-state index contributed by atoms with van der Waals surface area (Å²) in [5, 5.41) is 7.17. The molecule has 2 atom stereocenters. The molecule has 2 N–H and O–H groups in total. The van der Waals surface area contributed by atoms with E-state index >= 15 is 0 Å². The van der Waals surface area contributed by atoms with Gasteiger partial charge in [-0.2, -0.15) is 0 Å². The molecule has 7 nitrogen and oxygen atoms in total. The van der Waals surface area contributed by atoms with Gasteiger partial charge in [0.2, 0.25) is 5.91 Å². The van der Waals surface area contributed by atoms with E-state index < -0.39 is 5.82 Å². The van der Waals surface area contributed by atoms with Crippen molar-refractivity contribution < 1.29 is 18.7 Å². The number of carbonyl (C=O) groups is 1. The van der Waals surface area contributed by atoms with E-state index in [0.29, 0.717) is 23.1 Å². The average molecular weight is 545 g/mol. The van der Waals surface area contributed by atoms with Crippen LogP contribution in [0.3, 0.4) is 0 Å². The van der Waals surface area contributed by atoms with E-state index in [9.17, 15) is 9.18 Å². The van der Waals surface area contributed by atoms with Gasteiger partial charge in [0.1, 0.15) is 5.82 Å². The Bertz CT molecular complexity index is 1210. The van der Waals surface area contributed by atoms with Crippen molar-refractivity contribution in [2.75, 3.05) is 33.1 Å². The smallest absolute Gasteiger partial charge is 0.230 e. The lowest BCUT2D eigenvalue weighted by Crippen LogP contribution is -2.48. The van der Waals surface area contributed by atoms with Gasteiger partial charge in [0, 0.05) is 24.0 Å². The Morgan fingerprint density at radius 1 is 1.16 bits per heavy atom. The van der Waals surface area contributed by atoms with Crippen molar-refractivity contribution in [2.24, 2.45) is 5.92 Å². The Kier molecular flexibility index (Phi) is 9.60. The molecule has 1 aliphatic rings. The summed E-state index contributed by atoms with van der Waals surface area (Å²) in [6.07, 6.45) is 6.02. The van der Waals surface area contributed by atoms with E-state index in [1.54, 1.807) is 32.7 Å². The second kappa shape index (κ2) is 13.1. The molecular weight excluding hydrogens is 515 g/mol. The Morgan fingerprint density at radius 2 is 1.95 bits per heavy atom. The highest BCUT2D eigenvalue weighted by atomic mass is 35.5. The zero-order valence-corrected chi connectivity index (χ0v) is 22.4. The Morgan fingerprint density at radius 3 is 2.62 bits per heavy atom. The first-order valence-corrected chi connectivity index (χ1v) is 13.4. The molecule has 1 aromatic heterocycles. The molecule has 0 bridgehead atoms. The molecule has 4 rings (SSSR count). The van der Waals surface area contributed by atoms with Crippen LogP contribution >= 0.6 is 23.4 Å². The van der Waals surface area contributed by atoms with Gasteiger partial charge in [0.15, 0.2) is 16.7 Å². The van der Waals surface area contributed by atoms with Gasteiger partial charge in [-0.3, -0.25) is 4.79 Å². The molecule has 1 saturated heterocycles. The van der Waals surface area contributed by atoms with Gasteiger partial charge in [0.25, 0.3) is 0 Å². The van der Waals surface area contributed by atoms with Crippen LogP contribution < -0.4 is 20.1 Å². The van der Waals surface area contributed by atoms with E-state index in [2.05, 4.69) is 20.6 Å². The maximum atomic E-state index is 14.0. The number of nitrogens with zero attached hydrogens (tertiary/aromatic N) is 2. The van der Waals surface area contributed by atoms with Crippen LogP contribution in [-0.2, 0) is 11.2 Å². The van der Waals surface area contributed by atoms with Crippen molar-refractivity contribution in [3.8, 4) is 22.6 Å². The summed E-state index contributed by atoms with van der Waals surface area (Å²) in [7, 11) is 3.18. The van der Waals surface area contributed by atoms with Crippen LogP contribution in [0.25, 0.3) is 11.1 Å². The van der Waals surface area contributed by atoms with Crippen LogP contribution in [0.1, 0.15) is 18.4 Å². The molecule has 37 heavy (non-hydrogen) atoms. The maximum absolute atomic E-state index is 14.0. The van der Waals surface area contributed by atoms with Crippen molar-refractivity contribution in [1.82, 2.24) is 20.6 Å². The van der Waals surface area contributed by atoms with Crippen LogP contribution in [0.2, 0.25) is 5.02 Å². The number of thioether (sulfide) groups is 1. The molecule has 2 aromatic carbocycles. The molecule has 0 radical (unpaired) electrons. The summed E-state index contributed by atoms with van der Waals surface area (Å²) in [6.45, 7) is 1.79. The van der Waals surface area contributed by atoms with Crippen LogP contribution in [0.5, 0.6) is 11.5 Å². The molecule has 196 valence electrons. The SMILES string of the molecule is COc1ccc(-c2cnc(SCC(=O)NC(Cc3ccc(Cl)c(F)c3)C3CCCNC3)nc2)cc1OC. The van der Waals surface area contributed by atoms with E-state index in [4.69, 9.17) is 21.1 Å². The van der Waals surface area contributed by atoms with Gasteiger partial charge >= 0.3 is 0 Å². The molecular formula is C27H30ClFN4O3S. The fraction of sp³-hybridized carbons (Fsp3) is 0.370. The van der Waals surface area contributed by atoms with Gasteiger partial charge < -0.3 is 20.1 Å². The number of carbonyl (C=O) groups excluding carboxylic acids is 1. The summed E-state index contributed by atoms with van der Waals surface area (Å²) >= 11 is 7.11. The zero-order valence-electron chi connectivity index (χ0n) is 20.8. The highest BCUT2D eigenvalue weighted by Gasteiger charge is 2.26. The van der Waals surface area contributed by atoms with Gasteiger partial charge in [0.05, 0.1) is 25.0 Å². The topological polar surface area (TPSA) is 85.4 Å². The summed E-state index contributed by atoms with van der Waals surface area (Å²) in [4.78, 5) is 21.7. The van der Waals surface area contributed by atoms with E-state index in [-0.39, 0.29) is 28.6 Å². The summed E-state index contributed by atoms with van der Waals surface area (Å²) in [5.41, 5.74) is 2.53. The molecule has 2 heterocycles. The molecule has 0 spiro atoms. The van der Waals surface area contributed by atoms with Crippen LogP contribution in [-0.4, -0.2) is 55.0 Å². The Balaban J connectivity index is 1.37. The van der Waals surface area contributed by atoms with Gasteiger partial charge in [-0.05, 0) is 73.7 Å². The number of ether oxygens (including phenoxy) is 2. The minimum Gasteiger partial charge on any atom is -0.493 e. The number of hydrogen-bond acceptors (Lipinski definition) is 7. The zero-order chi connectivity index (χ0) is 26.2. The largest absolute Gasteiger partial charge is 0.493 e. The molecule has 0 saturated carbocycles. The van der Waals surface area contributed by atoms with E-state index in [1.807, 2.05) is 24.3 Å². The maximum Gasteiger partial charge on any atom is 0.230 e. The monoisotopic (exact) mass is 544 g/mol.